The summed E-state index contributed by atoms with van der Waals surface area (Å²) in [7, 11) is 0. The van der Waals surface area contributed by atoms with E-state index in [0.29, 0.717) is 23.8 Å². The molecule has 2 N–H and O–H groups in total. The van der Waals surface area contributed by atoms with Gasteiger partial charge >= 0.3 is 0 Å². The van der Waals surface area contributed by atoms with E-state index in [4.69, 9.17) is 11.6 Å². The number of halogens is 2. The van der Waals surface area contributed by atoms with Gasteiger partial charge in [-0.1, -0.05) is 23.7 Å². The van der Waals surface area contributed by atoms with Gasteiger partial charge in [-0.3, -0.25) is 9.69 Å². The predicted octanol–water partition coefficient (Wildman–Crippen LogP) is 3.51. The molecule has 1 aromatic heterocycles. The number of nitrogens with zero attached hydrogens (tertiary/aromatic N) is 4. The minimum atomic E-state index is -0.170. The second kappa shape index (κ2) is 10.2. The number of aromatic nitrogens is 2. The van der Waals surface area contributed by atoms with E-state index in [1.165, 1.54) is 6.07 Å². The molecule has 0 unspecified atom stereocenters. The molecule has 1 atom stereocenters. The van der Waals surface area contributed by atoms with Crippen molar-refractivity contribution in [2.24, 2.45) is 5.92 Å². The summed E-state index contributed by atoms with van der Waals surface area (Å²) < 4.78 is 14.0. The number of benzene rings is 2. The molecule has 2 saturated heterocycles. The molecule has 5 rings (SSSR count). The first-order valence-corrected chi connectivity index (χ1v) is 12.3. The highest BCUT2D eigenvalue weighted by Crippen LogP contribution is 2.25. The largest absolute Gasteiger partial charge is 0.367 e. The highest BCUT2D eigenvalue weighted by atomic mass is 35.5. The Bertz CT molecular complexity index is 1150. The van der Waals surface area contributed by atoms with E-state index in [9.17, 15) is 9.18 Å². The quantitative estimate of drug-likeness (QED) is 0.560. The van der Waals surface area contributed by atoms with Crippen molar-refractivity contribution in [3.63, 3.8) is 0 Å². The monoisotopic (exact) mass is 484 g/mol. The van der Waals surface area contributed by atoms with E-state index in [1.807, 2.05) is 30.3 Å². The first-order valence-electron chi connectivity index (χ1n) is 12.0. The molecule has 0 bridgehead atoms. The highest BCUT2D eigenvalue weighted by Gasteiger charge is 2.27. The number of amides is 1. The molecule has 3 heterocycles. The van der Waals surface area contributed by atoms with Gasteiger partial charge in [-0.15, -0.1) is 0 Å². The molecular weight excluding hydrogens is 455 g/mol. The number of hydrogen-bond acceptors (Lipinski definition) is 5. The number of aromatic amines is 1. The molecule has 0 saturated carbocycles. The van der Waals surface area contributed by atoms with Gasteiger partial charge in [0, 0.05) is 57.4 Å². The van der Waals surface area contributed by atoms with Crippen LogP contribution in [-0.4, -0.2) is 73.1 Å². The van der Waals surface area contributed by atoms with Crippen LogP contribution in [0.5, 0.6) is 0 Å². The van der Waals surface area contributed by atoms with Gasteiger partial charge in [0.1, 0.15) is 5.82 Å². The molecule has 2 aromatic carbocycles. The molecule has 7 nitrogen and oxygen atoms in total. The van der Waals surface area contributed by atoms with Gasteiger partial charge in [0.25, 0.3) is 0 Å². The standard InChI is InChI=1S/C25H30ClFN6O/c26-19-7-8-21-22(16-19)30-25(29-21)33-10-3-4-18(17-33)24(34)28-9-11-31-12-14-32(15-13-31)23-6-2-1-5-20(23)27/h1-2,5-8,16,18H,3-4,9-15,17H2,(H,28,34)(H,29,30)/t18-/m0/s1. The number of carbonyl (C=O) groups excluding carboxylic acids is 1. The number of nitrogens with one attached hydrogen (secondary N) is 2. The lowest BCUT2D eigenvalue weighted by Crippen LogP contribution is -2.49. The van der Waals surface area contributed by atoms with Crippen LogP contribution in [0.4, 0.5) is 16.0 Å². The maximum absolute atomic E-state index is 14.0. The van der Waals surface area contributed by atoms with Crippen LogP contribution in [0.3, 0.4) is 0 Å². The van der Waals surface area contributed by atoms with Gasteiger partial charge in [0.2, 0.25) is 11.9 Å². The zero-order valence-electron chi connectivity index (χ0n) is 19.1. The summed E-state index contributed by atoms with van der Waals surface area (Å²) in [6, 6.07) is 12.5. The fourth-order valence-electron chi connectivity index (χ4n) is 4.90. The van der Waals surface area contributed by atoms with Gasteiger partial charge in [-0.25, -0.2) is 9.37 Å². The van der Waals surface area contributed by atoms with E-state index >= 15 is 0 Å². The maximum Gasteiger partial charge on any atom is 0.224 e. The van der Waals surface area contributed by atoms with Crippen LogP contribution in [0.25, 0.3) is 11.0 Å². The average Bonchev–Trinajstić information content (AvgIpc) is 3.28. The Morgan fingerprint density at radius 2 is 1.94 bits per heavy atom. The lowest BCUT2D eigenvalue weighted by Gasteiger charge is -2.36. The van der Waals surface area contributed by atoms with E-state index < -0.39 is 0 Å². The topological polar surface area (TPSA) is 67.5 Å². The molecule has 2 aliphatic heterocycles. The number of fused-ring (bicyclic) bond motifs is 1. The van der Waals surface area contributed by atoms with E-state index in [0.717, 1.165) is 69.1 Å². The van der Waals surface area contributed by atoms with Crippen molar-refractivity contribution < 1.29 is 9.18 Å². The van der Waals surface area contributed by atoms with Crippen molar-refractivity contribution in [3.05, 3.63) is 53.3 Å². The predicted molar refractivity (Wildman–Crippen MR) is 134 cm³/mol. The van der Waals surface area contributed by atoms with Gasteiger partial charge < -0.3 is 20.1 Å². The van der Waals surface area contributed by atoms with Crippen LogP contribution >= 0.6 is 11.6 Å². The fourth-order valence-corrected chi connectivity index (χ4v) is 5.08. The van der Waals surface area contributed by atoms with Crippen molar-refractivity contribution in [2.45, 2.75) is 12.8 Å². The van der Waals surface area contributed by atoms with Crippen molar-refractivity contribution in [1.29, 1.82) is 0 Å². The second-order valence-corrected chi connectivity index (χ2v) is 9.51. The van der Waals surface area contributed by atoms with Crippen molar-refractivity contribution in [2.75, 3.05) is 62.2 Å². The van der Waals surface area contributed by atoms with Crippen molar-refractivity contribution in [3.8, 4) is 0 Å². The summed E-state index contributed by atoms with van der Waals surface area (Å²) in [6.45, 7) is 6.25. The Balaban J connectivity index is 1.08. The van der Waals surface area contributed by atoms with Crippen molar-refractivity contribution >= 4 is 40.2 Å². The third-order valence-electron chi connectivity index (χ3n) is 6.82. The van der Waals surface area contributed by atoms with E-state index in [1.54, 1.807) is 6.07 Å². The third kappa shape index (κ3) is 5.13. The Hall–Kier alpha value is -2.84. The number of rotatable bonds is 6. The Kier molecular flexibility index (Phi) is 6.87. The first kappa shape index (κ1) is 22.9. The summed E-state index contributed by atoms with van der Waals surface area (Å²) in [6.07, 6.45) is 1.84. The van der Waals surface area contributed by atoms with E-state index in [-0.39, 0.29) is 17.6 Å². The van der Waals surface area contributed by atoms with E-state index in [2.05, 4.69) is 30.0 Å². The van der Waals surface area contributed by atoms with Gasteiger partial charge in [0.05, 0.1) is 22.6 Å². The van der Waals surface area contributed by atoms with Gasteiger partial charge in [0.15, 0.2) is 0 Å². The zero-order valence-corrected chi connectivity index (χ0v) is 19.9. The van der Waals surface area contributed by atoms with Crippen LogP contribution in [0.1, 0.15) is 12.8 Å². The molecule has 2 fully saturated rings. The van der Waals surface area contributed by atoms with Crippen LogP contribution in [-0.2, 0) is 4.79 Å². The summed E-state index contributed by atoms with van der Waals surface area (Å²) in [5.74, 6) is 0.677. The molecule has 0 spiro atoms. The molecular formula is C25H30ClFN6O. The number of hydrogen-bond donors (Lipinski definition) is 2. The minimum Gasteiger partial charge on any atom is -0.367 e. The summed E-state index contributed by atoms with van der Waals surface area (Å²) in [5.41, 5.74) is 2.45. The van der Waals surface area contributed by atoms with Crippen LogP contribution in [0, 0.1) is 11.7 Å². The molecule has 34 heavy (non-hydrogen) atoms. The van der Waals surface area contributed by atoms with Gasteiger partial charge in [-0.05, 0) is 43.2 Å². The van der Waals surface area contributed by atoms with Crippen LogP contribution in [0.15, 0.2) is 42.5 Å². The number of imidazole rings is 1. The average molecular weight is 485 g/mol. The lowest BCUT2D eigenvalue weighted by molar-refractivity contribution is -0.125. The molecule has 180 valence electrons. The third-order valence-corrected chi connectivity index (χ3v) is 7.05. The highest BCUT2D eigenvalue weighted by molar-refractivity contribution is 6.31. The summed E-state index contributed by atoms with van der Waals surface area (Å²) >= 11 is 6.09. The maximum atomic E-state index is 14.0. The Morgan fingerprint density at radius 3 is 2.76 bits per heavy atom. The lowest BCUT2D eigenvalue weighted by atomic mass is 9.97. The number of anilines is 2. The molecule has 1 amide bonds. The summed E-state index contributed by atoms with van der Waals surface area (Å²) in [5, 5.41) is 3.80. The Morgan fingerprint density at radius 1 is 1.12 bits per heavy atom. The minimum absolute atomic E-state index is 0.0524. The number of H-pyrrole nitrogens is 1. The van der Waals surface area contributed by atoms with Crippen LogP contribution < -0.4 is 15.1 Å². The van der Waals surface area contributed by atoms with Crippen molar-refractivity contribution in [1.82, 2.24) is 20.2 Å². The summed E-state index contributed by atoms with van der Waals surface area (Å²) in [4.78, 5) is 27.4. The number of piperazine rings is 1. The van der Waals surface area contributed by atoms with Gasteiger partial charge in [-0.2, -0.15) is 0 Å². The molecule has 3 aromatic rings. The number of carbonyl (C=O) groups is 1. The molecule has 0 radical (unpaired) electrons. The zero-order chi connectivity index (χ0) is 23.5. The number of piperidine rings is 1. The molecule has 0 aliphatic carbocycles. The Labute approximate surface area is 203 Å². The smallest absolute Gasteiger partial charge is 0.224 e. The van der Waals surface area contributed by atoms with Crippen LogP contribution in [0.2, 0.25) is 5.02 Å². The SMILES string of the molecule is O=C(NCCN1CCN(c2ccccc2F)CC1)[C@H]1CCCN(c2nc3ccc(Cl)cc3[nH]2)C1. The number of para-hydroxylation sites is 1. The normalized spacial score (nSPS) is 19.5. The molecule has 2 aliphatic rings. The first-order chi connectivity index (χ1) is 16.6. The fraction of sp³-hybridized carbons (Fsp3) is 0.440. The second-order valence-electron chi connectivity index (χ2n) is 9.08. The molecule has 9 heteroatoms.